The number of nitrogens with one attached hydrogen (secondary N) is 1. The number of ether oxygens (including phenoxy) is 1. The summed E-state index contributed by atoms with van der Waals surface area (Å²) in [6.07, 6.45) is 9.11. The molecule has 1 aliphatic carbocycles. The topological polar surface area (TPSA) is 42.3 Å². The van der Waals surface area contributed by atoms with Crippen LogP contribution in [0.2, 0.25) is 0 Å². The van der Waals surface area contributed by atoms with Crippen LogP contribution in [-0.2, 0) is 7.05 Å². The molecule has 1 saturated carbocycles. The molecule has 2 atom stereocenters. The molecule has 1 aromatic carbocycles. The van der Waals surface area contributed by atoms with Crippen LogP contribution in [0, 0.1) is 0 Å². The van der Waals surface area contributed by atoms with Gasteiger partial charge in [0, 0.05) is 30.8 Å². The molecular weight excluding hydrogens is 392 g/mol. The lowest BCUT2D eigenvalue weighted by molar-refractivity contribution is 0.210. The molecule has 0 unspecified atom stereocenters. The number of hydrogen-bond donors (Lipinski definition) is 1. The van der Waals surface area contributed by atoms with Gasteiger partial charge >= 0.3 is 0 Å². The molecule has 3 aromatic rings. The van der Waals surface area contributed by atoms with Gasteiger partial charge in [-0.1, -0.05) is 6.07 Å². The molecule has 6 heteroatoms. The van der Waals surface area contributed by atoms with Crippen molar-refractivity contribution in [2.24, 2.45) is 7.05 Å². The summed E-state index contributed by atoms with van der Waals surface area (Å²) in [5.74, 6) is 0.931. The van der Waals surface area contributed by atoms with Crippen molar-refractivity contribution in [2.45, 2.75) is 43.9 Å². The van der Waals surface area contributed by atoms with E-state index in [1.54, 1.807) is 0 Å². The maximum atomic E-state index is 6.15. The minimum atomic E-state index is -0.0262. The van der Waals surface area contributed by atoms with Crippen LogP contribution in [-0.4, -0.2) is 20.8 Å². The number of nitrogens with zero attached hydrogens (tertiary/aromatic N) is 3. The highest BCUT2D eigenvalue weighted by atomic mass is 32.1. The third-order valence-corrected chi connectivity index (χ3v) is 6.42. The number of anilines is 1. The van der Waals surface area contributed by atoms with Crippen LogP contribution >= 0.6 is 12.2 Å². The monoisotopic (exact) mass is 418 g/mol. The Morgan fingerprint density at radius 3 is 2.50 bits per heavy atom. The summed E-state index contributed by atoms with van der Waals surface area (Å²) in [4.78, 5) is 6.80. The first kappa shape index (κ1) is 19.1. The number of hydrogen-bond acceptors (Lipinski definition) is 3. The zero-order valence-corrected chi connectivity index (χ0v) is 17.9. The second-order valence-corrected chi connectivity index (χ2v) is 8.45. The summed E-state index contributed by atoms with van der Waals surface area (Å²) < 4.78 is 8.30. The smallest absolute Gasteiger partial charge is 0.174 e. The number of rotatable bonds is 5. The van der Waals surface area contributed by atoms with Gasteiger partial charge in [-0.3, -0.25) is 4.98 Å². The number of aryl methyl sites for hydroxylation is 1. The number of benzene rings is 1. The molecule has 1 aliphatic heterocycles. The van der Waals surface area contributed by atoms with Crippen LogP contribution in [0.1, 0.15) is 49.2 Å². The van der Waals surface area contributed by atoms with Gasteiger partial charge in [-0.25, -0.2) is 0 Å². The fraction of sp³-hybridized carbons (Fsp3) is 0.333. The highest BCUT2D eigenvalue weighted by Gasteiger charge is 2.41. The zero-order valence-electron chi connectivity index (χ0n) is 17.1. The molecular formula is C24H26N4OS. The van der Waals surface area contributed by atoms with Crippen LogP contribution in [0.3, 0.4) is 0 Å². The van der Waals surface area contributed by atoms with Crippen molar-refractivity contribution in [1.29, 1.82) is 0 Å². The van der Waals surface area contributed by atoms with Gasteiger partial charge in [0.05, 0.1) is 17.8 Å². The molecule has 0 spiro atoms. The Bertz CT molecular complexity index is 1010. The molecule has 2 fully saturated rings. The molecule has 1 saturated heterocycles. The fourth-order valence-electron chi connectivity index (χ4n) is 4.60. The van der Waals surface area contributed by atoms with Crippen LogP contribution in [0.5, 0.6) is 5.75 Å². The van der Waals surface area contributed by atoms with E-state index in [4.69, 9.17) is 17.0 Å². The van der Waals surface area contributed by atoms with E-state index in [9.17, 15) is 0 Å². The second-order valence-electron chi connectivity index (χ2n) is 8.06. The number of pyridine rings is 1. The average molecular weight is 419 g/mol. The van der Waals surface area contributed by atoms with Gasteiger partial charge < -0.3 is 19.5 Å². The quantitative estimate of drug-likeness (QED) is 0.596. The van der Waals surface area contributed by atoms with Gasteiger partial charge in [-0.2, -0.15) is 0 Å². The largest absolute Gasteiger partial charge is 0.490 e. The van der Waals surface area contributed by atoms with Crippen LogP contribution in [0.4, 0.5) is 5.69 Å². The Morgan fingerprint density at radius 1 is 1.03 bits per heavy atom. The lowest BCUT2D eigenvalue weighted by Gasteiger charge is -2.28. The minimum Gasteiger partial charge on any atom is -0.490 e. The van der Waals surface area contributed by atoms with Crippen molar-refractivity contribution in [1.82, 2.24) is 14.9 Å². The summed E-state index contributed by atoms with van der Waals surface area (Å²) in [7, 11) is 2.07. The predicted octanol–water partition coefficient (Wildman–Crippen LogP) is 4.92. The number of aromatic nitrogens is 2. The van der Waals surface area contributed by atoms with Gasteiger partial charge in [0.15, 0.2) is 5.11 Å². The van der Waals surface area contributed by atoms with Gasteiger partial charge in [0.1, 0.15) is 11.8 Å². The first-order valence-electron chi connectivity index (χ1n) is 10.6. The molecule has 2 aromatic heterocycles. The SMILES string of the molecule is Cn1cccc1[C@@H]1[C@H](c2ccccn2)NC(=S)N1c1ccc(OC2CCCC2)cc1. The van der Waals surface area contributed by atoms with Crippen LogP contribution < -0.4 is 15.0 Å². The Balaban J connectivity index is 1.48. The normalized spacial score (nSPS) is 21.8. The highest BCUT2D eigenvalue weighted by Crippen LogP contribution is 2.41. The molecule has 0 radical (unpaired) electrons. The van der Waals surface area contributed by atoms with E-state index in [1.807, 2.05) is 18.3 Å². The third kappa shape index (κ3) is 3.56. The molecule has 154 valence electrons. The van der Waals surface area contributed by atoms with Gasteiger partial charge in [-0.15, -0.1) is 0 Å². The van der Waals surface area contributed by atoms with E-state index in [1.165, 1.54) is 18.5 Å². The van der Waals surface area contributed by atoms with Crippen molar-refractivity contribution in [2.75, 3.05) is 4.90 Å². The van der Waals surface area contributed by atoms with Crippen LogP contribution in [0.15, 0.2) is 67.0 Å². The van der Waals surface area contributed by atoms with Crippen molar-refractivity contribution >= 4 is 23.0 Å². The van der Waals surface area contributed by atoms with Crippen molar-refractivity contribution in [3.63, 3.8) is 0 Å². The van der Waals surface area contributed by atoms with Crippen molar-refractivity contribution < 1.29 is 4.74 Å². The average Bonchev–Trinajstić information content (AvgIpc) is 3.50. The third-order valence-electron chi connectivity index (χ3n) is 6.10. The Kier molecular flexibility index (Phi) is 5.17. The van der Waals surface area contributed by atoms with Gasteiger partial charge in [0.2, 0.25) is 0 Å². The summed E-state index contributed by atoms with van der Waals surface area (Å²) in [6.45, 7) is 0. The highest BCUT2D eigenvalue weighted by molar-refractivity contribution is 7.80. The van der Waals surface area contributed by atoms with E-state index in [0.29, 0.717) is 11.2 Å². The predicted molar refractivity (Wildman–Crippen MR) is 123 cm³/mol. The van der Waals surface area contributed by atoms with E-state index in [-0.39, 0.29) is 12.1 Å². The standard InChI is InChI=1S/C24H26N4OS/c1-27-16-6-10-21(27)23-22(20-9-4-5-15-25-20)26-24(30)28(23)17-11-13-19(14-12-17)29-18-7-2-3-8-18/h4-6,9-16,18,22-23H,2-3,7-8H2,1H3,(H,26,30)/t22-,23+/m0/s1. The van der Waals surface area contributed by atoms with Crippen LogP contribution in [0.25, 0.3) is 0 Å². The summed E-state index contributed by atoms with van der Waals surface area (Å²) in [5, 5.41) is 4.22. The maximum Gasteiger partial charge on any atom is 0.174 e. The Morgan fingerprint density at radius 2 is 1.83 bits per heavy atom. The Hall–Kier alpha value is -2.86. The van der Waals surface area contributed by atoms with Gasteiger partial charge in [0.25, 0.3) is 0 Å². The van der Waals surface area contributed by atoms with Crippen molar-refractivity contribution in [3.8, 4) is 5.75 Å². The second kappa shape index (κ2) is 8.11. The van der Waals surface area contributed by atoms with Gasteiger partial charge in [-0.05, 0) is 86.4 Å². The van der Waals surface area contributed by atoms with E-state index in [0.717, 1.165) is 30.0 Å². The molecule has 5 nitrogen and oxygen atoms in total. The molecule has 30 heavy (non-hydrogen) atoms. The molecule has 0 amide bonds. The zero-order chi connectivity index (χ0) is 20.5. The molecule has 3 heterocycles. The van der Waals surface area contributed by atoms with E-state index in [2.05, 4.69) is 75.5 Å². The fourth-order valence-corrected chi connectivity index (χ4v) is 4.94. The lowest BCUT2D eigenvalue weighted by atomic mass is 10.0. The lowest BCUT2D eigenvalue weighted by Crippen LogP contribution is -2.30. The van der Waals surface area contributed by atoms with E-state index < -0.39 is 0 Å². The molecule has 0 bridgehead atoms. The molecule has 2 aliphatic rings. The van der Waals surface area contributed by atoms with E-state index >= 15 is 0 Å². The summed E-state index contributed by atoms with van der Waals surface area (Å²) in [5.41, 5.74) is 3.22. The molecule has 1 N–H and O–H groups in total. The van der Waals surface area contributed by atoms with Crippen molar-refractivity contribution in [3.05, 3.63) is 78.4 Å². The molecule has 5 rings (SSSR count). The first-order valence-corrected chi connectivity index (χ1v) is 11.0. The first-order chi connectivity index (χ1) is 14.7. The minimum absolute atomic E-state index is 0.00833. The summed E-state index contributed by atoms with van der Waals surface area (Å²) in [6, 6.07) is 18.6. The number of thiocarbonyl (C=S) groups is 1. The summed E-state index contributed by atoms with van der Waals surface area (Å²) >= 11 is 5.79. The maximum absolute atomic E-state index is 6.15. The Labute approximate surface area is 182 Å².